The fourth-order valence-corrected chi connectivity index (χ4v) is 4.03. The molecule has 2 aliphatic rings. The minimum Gasteiger partial charge on any atom is -0.486 e. The molecule has 0 radical (unpaired) electrons. The summed E-state index contributed by atoms with van der Waals surface area (Å²) in [6.07, 6.45) is 0.282. The smallest absolute Gasteiger partial charge is 0.224 e. The number of benzene rings is 2. The first-order valence-corrected chi connectivity index (χ1v) is 11.4. The number of carbonyl (C=O) groups excluding carboxylic acids is 2. The van der Waals surface area contributed by atoms with Crippen LogP contribution in [0.2, 0.25) is 0 Å². The predicted octanol–water partition coefficient (Wildman–Crippen LogP) is 3.20. The molecule has 0 bridgehead atoms. The number of hydrogen-bond acceptors (Lipinski definition) is 6. The molecular weight excluding hydrogens is 406 g/mol. The van der Waals surface area contributed by atoms with E-state index in [1.54, 1.807) is 18.2 Å². The Labute approximate surface area is 189 Å². The highest BCUT2D eigenvalue weighted by Gasteiger charge is 2.17. The van der Waals surface area contributed by atoms with Crippen molar-refractivity contribution in [3.63, 3.8) is 0 Å². The molecule has 1 fully saturated rings. The van der Waals surface area contributed by atoms with Crippen molar-refractivity contribution >= 4 is 17.4 Å². The molecule has 0 atom stereocenters. The molecule has 2 aliphatic heterocycles. The van der Waals surface area contributed by atoms with Gasteiger partial charge in [0.2, 0.25) is 5.91 Å². The number of ether oxygens (including phenoxy) is 2. The van der Waals surface area contributed by atoms with Crippen LogP contribution in [0, 0.1) is 0 Å². The average Bonchev–Trinajstić information content (AvgIpc) is 2.84. The molecule has 1 N–H and O–H groups in total. The minimum atomic E-state index is -0.167. The van der Waals surface area contributed by atoms with Crippen LogP contribution in [0.1, 0.15) is 35.7 Å². The largest absolute Gasteiger partial charge is 0.486 e. The van der Waals surface area contributed by atoms with E-state index in [1.807, 2.05) is 12.1 Å². The number of likely N-dealkylation sites (N-methyl/N-ethyl adjacent to an activating group) is 1. The zero-order valence-corrected chi connectivity index (χ0v) is 18.6. The highest BCUT2D eigenvalue weighted by Crippen LogP contribution is 2.31. The summed E-state index contributed by atoms with van der Waals surface area (Å²) in [6.45, 7) is 9.65. The number of piperazine rings is 1. The van der Waals surface area contributed by atoms with Gasteiger partial charge in [-0.05, 0) is 42.4 Å². The summed E-state index contributed by atoms with van der Waals surface area (Å²) < 4.78 is 11.0. The third kappa shape index (κ3) is 5.87. The second-order valence-corrected chi connectivity index (χ2v) is 8.24. The van der Waals surface area contributed by atoms with Crippen LogP contribution in [-0.2, 0) is 11.3 Å². The Bertz CT molecular complexity index is 937. The summed E-state index contributed by atoms with van der Waals surface area (Å²) in [4.78, 5) is 29.7. The van der Waals surface area contributed by atoms with E-state index in [9.17, 15) is 9.59 Å². The molecule has 2 heterocycles. The third-order valence-electron chi connectivity index (χ3n) is 6.00. The zero-order valence-electron chi connectivity index (χ0n) is 18.6. The number of amides is 1. The molecule has 0 aromatic heterocycles. The van der Waals surface area contributed by atoms with Crippen molar-refractivity contribution in [3.05, 3.63) is 53.6 Å². The number of rotatable bonds is 8. The van der Waals surface area contributed by atoms with Gasteiger partial charge in [-0.3, -0.25) is 14.5 Å². The molecule has 7 nitrogen and oxygen atoms in total. The molecule has 0 aliphatic carbocycles. The van der Waals surface area contributed by atoms with Crippen molar-refractivity contribution in [1.29, 1.82) is 0 Å². The van der Waals surface area contributed by atoms with Crippen LogP contribution in [0.3, 0.4) is 0 Å². The van der Waals surface area contributed by atoms with E-state index >= 15 is 0 Å². The van der Waals surface area contributed by atoms with Gasteiger partial charge in [0.05, 0.1) is 0 Å². The first-order chi connectivity index (χ1) is 15.6. The summed E-state index contributed by atoms with van der Waals surface area (Å²) in [5.41, 5.74) is 2.52. The maximum atomic E-state index is 12.5. The van der Waals surface area contributed by atoms with Gasteiger partial charge in [-0.15, -0.1) is 0 Å². The van der Waals surface area contributed by atoms with Crippen LogP contribution in [0.25, 0.3) is 0 Å². The molecular formula is C25H31N3O4. The van der Waals surface area contributed by atoms with Crippen LogP contribution < -0.4 is 14.8 Å². The maximum absolute atomic E-state index is 12.5. The van der Waals surface area contributed by atoms with Gasteiger partial charge in [0, 0.05) is 56.8 Å². The van der Waals surface area contributed by atoms with Crippen LogP contribution in [0.5, 0.6) is 11.5 Å². The second-order valence-electron chi connectivity index (χ2n) is 8.24. The number of fused-ring (bicyclic) bond motifs is 1. The van der Waals surface area contributed by atoms with Gasteiger partial charge in [0.15, 0.2) is 17.3 Å². The Kier molecular flexibility index (Phi) is 7.39. The molecule has 0 saturated carbocycles. The van der Waals surface area contributed by atoms with Gasteiger partial charge >= 0.3 is 0 Å². The Morgan fingerprint density at radius 1 is 0.875 bits per heavy atom. The first-order valence-electron chi connectivity index (χ1n) is 11.4. The van der Waals surface area contributed by atoms with Crippen molar-refractivity contribution in [2.45, 2.75) is 26.3 Å². The highest BCUT2D eigenvalue weighted by atomic mass is 16.6. The Balaban J connectivity index is 1.22. The van der Waals surface area contributed by atoms with Crippen molar-refractivity contribution < 1.29 is 19.1 Å². The van der Waals surface area contributed by atoms with Gasteiger partial charge < -0.3 is 19.7 Å². The number of Topliss-reactive ketones (excluding diaryl/α,β-unsaturated/α-hetero) is 1. The molecule has 2 aromatic carbocycles. The predicted molar refractivity (Wildman–Crippen MR) is 123 cm³/mol. The molecule has 170 valence electrons. The number of anilines is 1. The number of carbonyl (C=O) groups is 2. The molecule has 1 saturated heterocycles. The van der Waals surface area contributed by atoms with Crippen LogP contribution in [0.15, 0.2) is 42.5 Å². The van der Waals surface area contributed by atoms with Gasteiger partial charge in [-0.25, -0.2) is 0 Å². The first kappa shape index (κ1) is 22.3. The van der Waals surface area contributed by atoms with Crippen LogP contribution in [-0.4, -0.2) is 67.4 Å². The lowest BCUT2D eigenvalue weighted by molar-refractivity contribution is -0.116. The lowest BCUT2D eigenvalue weighted by Gasteiger charge is -2.34. The van der Waals surface area contributed by atoms with Crippen molar-refractivity contribution in [1.82, 2.24) is 9.80 Å². The van der Waals surface area contributed by atoms with Crippen molar-refractivity contribution in [2.24, 2.45) is 0 Å². The number of ketones is 1. The summed E-state index contributed by atoms with van der Waals surface area (Å²) >= 11 is 0. The fourth-order valence-electron chi connectivity index (χ4n) is 4.03. The SMILES string of the molecule is CCN1CCN(Cc2ccc(NC(=O)CCC(=O)c3ccc4c(c3)OCCO4)cc2)CC1. The standard InChI is InChI=1S/C25H31N3O4/c1-2-27-11-13-28(14-12-27)18-19-3-6-21(7-4-19)26-25(30)10-8-22(29)20-5-9-23-24(17-20)32-16-15-31-23/h3-7,9,17H,2,8,10-16,18H2,1H3,(H,26,30). The third-order valence-corrected chi connectivity index (χ3v) is 6.00. The van der Waals surface area contributed by atoms with E-state index < -0.39 is 0 Å². The van der Waals surface area contributed by atoms with E-state index in [0.717, 1.165) is 45.0 Å². The molecule has 0 spiro atoms. The summed E-state index contributed by atoms with van der Waals surface area (Å²) in [5, 5.41) is 2.89. The van der Waals surface area contributed by atoms with Crippen molar-refractivity contribution in [3.8, 4) is 11.5 Å². The molecule has 2 aromatic rings. The van der Waals surface area contributed by atoms with E-state index in [-0.39, 0.29) is 24.5 Å². The van der Waals surface area contributed by atoms with Gasteiger partial charge in [0.25, 0.3) is 0 Å². The van der Waals surface area contributed by atoms with Gasteiger partial charge in [-0.1, -0.05) is 19.1 Å². The Morgan fingerprint density at radius 3 is 2.28 bits per heavy atom. The van der Waals surface area contributed by atoms with Crippen LogP contribution in [0.4, 0.5) is 5.69 Å². The number of hydrogen-bond donors (Lipinski definition) is 1. The van der Waals surface area contributed by atoms with Crippen LogP contribution >= 0.6 is 0 Å². The number of nitrogens with one attached hydrogen (secondary N) is 1. The average molecular weight is 438 g/mol. The minimum absolute atomic E-state index is 0.0874. The fraction of sp³-hybridized carbons (Fsp3) is 0.440. The lowest BCUT2D eigenvalue weighted by Crippen LogP contribution is -2.45. The molecule has 32 heavy (non-hydrogen) atoms. The summed E-state index contributed by atoms with van der Waals surface area (Å²) in [6, 6.07) is 13.1. The quantitative estimate of drug-likeness (QED) is 0.640. The maximum Gasteiger partial charge on any atom is 0.224 e. The van der Waals surface area contributed by atoms with E-state index in [2.05, 4.69) is 34.2 Å². The second kappa shape index (κ2) is 10.6. The highest BCUT2D eigenvalue weighted by molar-refractivity contribution is 6.00. The molecule has 7 heteroatoms. The number of nitrogens with zero attached hydrogens (tertiary/aromatic N) is 2. The van der Waals surface area contributed by atoms with Gasteiger partial charge in [-0.2, -0.15) is 0 Å². The Morgan fingerprint density at radius 2 is 1.56 bits per heavy atom. The van der Waals surface area contributed by atoms with E-state index in [4.69, 9.17) is 9.47 Å². The summed E-state index contributed by atoms with van der Waals surface area (Å²) in [5.74, 6) is 0.978. The normalized spacial score (nSPS) is 16.5. The summed E-state index contributed by atoms with van der Waals surface area (Å²) in [7, 11) is 0. The lowest BCUT2D eigenvalue weighted by atomic mass is 10.1. The monoisotopic (exact) mass is 437 g/mol. The van der Waals surface area contributed by atoms with E-state index in [0.29, 0.717) is 30.3 Å². The molecule has 0 unspecified atom stereocenters. The topological polar surface area (TPSA) is 71.1 Å². The van der Waals surface area contributed by atoms with Crippen molar-refractivity contribution in [2.75, 3.05) is 51.3 Å². The van der Waals surface area contributed by atoms with Gasteiger partial charge in [0.1, 0.15) is 13.2 Å². The molecule has 4 rings (SSSR count). The molecule has 1 amide bonds. The zero-order chi connectivity index (χ0) is 22.3. The van der Waals surface area contributed by atoms with E-state index in [1.165, 1.54) is 5.56 Å². The Hall–Kier alpha value is -2.90.